The molecule has 0 amide bonds. The van der Waals surface area contributed by atoms with Crippen LogP contribution in [-0.2, 0) is 11.2 Å². The summed E-state index contributed by atoms with van der Waals surface area (Å²) in [5.74, 6) is -0.620. The van der Waals surface area contributed by atoms with Gasteiger partial charge in [-0.15, -0.1) is 0 Å². The highest BCUT2D eigenvalue weighted by atomic mass is 16.4. The molecule has 1 aromatic carbocycles. The summed E-state index contributed by atoms with van der Waals surface area (Å²) >= 11 is 0. The van der Waals surface area contributed by atoms with Crippen molar-refractivity contribution in [2.45, 2.75) is 19.8 Å². The van der Waals surface area contributed by atoms with Crippen LogP contribution in [-0.4, -0.2) is 21.0 Å². The van der Waals surface area contributed by atoms with Crippen LogP contribution in [0.25, 0.3) is 17.3 Å². The predicted octanol–water partition coefficient (Wildman–Crippen LogP) is 3.19. The average molecular weight is 268 g/mol. The lowest BCUT2D eigenvalue weighted by atomic mass is 10.1. The first-order valence-electron chi connectivity index (χ1n) is 6.52. The number of rotatable bonds is 5. The van der Waals surface area contributed by atoms with E-state index in [2.05, 4.69) is 29.0 Å². The third-order valence-corrected chi connectivity index (χ3v) is 2.84. The summed E-state index contributed by atoms with van der Waals surface area (Å²) < 4.78 is 0. The molecule has 1 aromatic heterocycles. The van der Waals surface area contributed by atoms with Crippen molar-refractivity contribution in [1.29, 1.82) is 0 Å². The highest BCUT2D eigenvalue weighted by Gasteiger charge is 2.01. The van der Waals surface area contributed by atoms with Crippen molar-refractivity contribution in [1.82, 2.24) is 9.97 Å². The maximum atomic E-state index is 10.5. The van der Waals surface area contributed by atoms with Crippen LogP contribution in [0.1, 0.15) is 24.7 Å². The molecule has 0 unspecified atom stereocenters. The normalized spacial score (nSPS) is 10.8. The molecule has 0 atom stereocenters. The zero-order valence-corrected chi connectivity index (χ0v) is 11.3. The fraction of sp³-hybridized carbons (Fsp3) is 0.188. The zero-order chi connectivity index (χ0) is 14.4. The first-order valence-corrected chi connectivity index (χ1v) is 6.52. The molecular formula is C16H16N2O2. The topological polar surface area (TPSA) is 63.1 Å². The van der Waals surface area contributed by atoms with E-state index in [1.165, 1.54) is 11.6 Å². The lowest BCUT2D eigenvalue weighted by Crippen LogP contribution is -1.92. The molecule has 0 aliphatic rings. The van der Waals surface area contributed by atoms with Gasteiger partial charge in [0.1, 0.15) is 0 Å². The van der Waals surface area contributed by atoms with Crippen molar-refractivity contribution in [2.24, 2.45) is 0 Å². The molecule has 0 saturated heterocycles. The van der Waals surface area contributed by atoms with Gasteiger partial charge in [0.2, 0.25) is 0 Å². The van der Waals surface area contributed by atoms with Crippen LogP contribution < -0.4 is 0 Å². The quantitative estimate of drug-likeness (QED) is 0.846. The molecule has 0 spiro atoms. The minimum Gasteiger partial charge on any atom is -0.478 e. The van der Waals surface area contributed by atoms with Crippen molar-refractivity contribution < 1.29 is 9.90 Å². The largest absolute Gasteiger partial charge is 0.478 e. The van der Waals surface area contributed by atoms with E-state index in [0.717, 1.165) is 30.2 Å². The van der Waals surface area contributed by atoms with Gasteiger partial charge in [-0.1, -0.05) is 37.6 Å². The summed E-state index contributed by atoms with van der Waals surface area (Å²) in [6, 6.07) is 10.0. The third-order valence-electron chi connectivity index (χ3n) is 2.84. The van der Waals surface area contributed by atoms with Crippen LogP contribution in [0.15, 0.2) is 42.6 Å². The van der Waals surface area contributed by atoms with Crippen LogP contribution in [0, 0.1) is 0 Å². The molecule has 20 heavy (non-hydrogen) atoms. The van der Waals surface area contributed by atoms with Gasteiger partial charge in [0, 0.05) is 17.8 Å². The second-order valence-electron chi connectivity index (χ2n) is 4.42. The molecule has 0 saturated carbocycles. The Morgan fingerprint density at radius 1 is 1.25 bits per heavy atom. The number of hydrogen-bond donors (Lipinski definition) is 1. The first kappa shape index (κ1) is 13.9. The molecule has 0 aliphatic heterocycles. The molecule has 2 aromatic rings. The molecular weight excluding hydrogens is 252 g/mol. The van der Waals surface area contributed by atoms with Gasteiger partial charge in [-0.05, 0) is 24.1 Å². The van der Waals surface area contributed by atoms with Crippen molar-refractivity contribution >= 4 is 12.0 Å². The van der Waals surface area contributed by atoms with Gasteiger partial charge in [0.05, 0.1) is 5.69 Å². The van der Waals surface area contributed by atoms with Gasteiger partial charge >= 0.3 is 5.97 Å². The highest BCUT2D eigenvalue weighted by Crippen LogP contribution is 2.18. The number of nitrogens with zero attached hydrogens (tertiary/aromatic N) is 2. The lowest BCUT2D eigenvalue weighted by Gasteiger charge is -2.03. The standard InChI is InChI=1S/C16H16N2O2/c1-2-3-12-4-6-13(7-5-12)14-10-11-17-15(18-14)8-9-16(19)20/h4-11H,2-3H2,1H3,(H,19,20)/b9-8+. The van der Waals surface area contributed by atoms with Crippen molar-refractivity contribution in [3.05, 3.63) is 54.0 Å². The number of carboxylic acid groups (broad SMARTS) is 1. The van der Waals surface area contributed by atoms with Crippen LogP contribution in [0.3, 0.4) is 0 Å². The Morgan fingerprint density at radius 2 is 2.00 bits per heavy atom. The van der Waals surface area contributed by atoms with Gasteiger partial charge in [-0.3, -0.25) is 0 Å². The summed E-state index contributed by atoms with van der Waals surface area (Å²) in [6.07, 6.45) is 6.23. The number of aryl methyl sites for hydroxylation is 1. The van der Waals surface area contributed by atoms with E-state index >= 15 is 0 Å². The number of aromatic nitrogens is 2. The molecule has 4 nitrogen and oxygen atoms in total. The van der Waals surface area contributed by atoms with Crippen LogP contribution in [0.5, 0.6) is 0 Å². The third kappa shape index (κ3) is 3.75. The molecule has 1 N–H and O–H groups in total. The minimum absolute atomic E-state index is 0.391. The Balaban J connectivity index is 2.24. The van der Waals surface area contributed by atoms with Gasteiger partial charge in [-0.2, -0.15) is 0 Å². The van der Waals surface area contributed by atoms with Crippen LogP contribution >= 0.6 is 0 Å². The Hall–Kier alpha value is -2.49. The average Bonchev–Trinajstić information content (AvgIpc) is 2.47. The minimum atomic E-state index is -1.01. The SMILES string of the molecule is CCCc1ccc(-c2ccnc(/C=C/C(=O)O)n2)cc1. The summed E-state index contributed by atoms with van der Waals surface area (Å²) in [5, 5.41) is 8.60. The van der Waals surface area contributed by atoms with Crippen molar-refractivity contribution in [3.63, 3.8) is 0 Å². The Kier molecular flexibility index (Phi) is 4.60. The molecule has 4 heteroatoms. The predicted molar refractivity (Wildman–Crippen MR) is 78.1 cm³/mol. The lowest BCUT2D eigenvalue weighted by molar-refractivity contribution is -0.131. The van der Waals surface area contributed by atoms with Gasteiger partial charge in [-0.25, -0.2) is 14.8 Å². The highest BCUT2D eigenvalue weighted by molar-refractivity contribution is 5.84. The van der Waals surface area contributed by atoms with E-state index in [-0.39, 0.29) is 0 Å². The van der Waals surface area contributed by atoms with E-state index in [0.29, 0.717) is 5.82 Å². The molecule has 2 rings (SSSR count). The van der Waals surface area contributed by atoms with E-state index in [1.807, 2.05) is 18.2 Å². The number of aliphatic carboxylic acids is 1. The van der Waals surface area contributed by atoms with Gasteiger partial charge in [0.15, 0.2) is 5.82 Å². The second kappa shape index (κ2) is 6.61. The van der Waals surface area contributed by atoms with E-state index in [9.17, 15) is 4.79 Å². The molecule has 0 fully saturated rings. The van der Waals surface area contributed by atoms with E-state index in [1.54, 1.807) is 6.20 Å². The molecule has 102 valence electrons. The zero-order valence-electron chi connectivity index (χ0n) is 11.3. The Labute approximate surface area is 117 Å². The first-order chi connectivity index (χ1) is 9.69. The smallest absolute Gasteiger partial charge is 0.328 e. The number of carboxylic acids is 1. The van der Waals surface area contributed by atoms with Crippen molar-refractivity contribution in [3.8, 4) is 11.3 Å². The van der Waals surface area contributed by atoms with Gasteiger partial charge < -0.3 is 5.11 Å². The Bertz CT molecular complexity index is 619. The van der Waals surface area contributed by atoms with Crippen LogP contribution in [0.2, 0.25) is 0 Å². The van der Waals surface area contributed by atoms with Gasteiger partial charge in [0.25, 0.3) is 0 Å². The van der Waals surface area contributed by atoms with Crippen LogP contribution in [0.4, 0.5) is 0 Å². The molecule has 0 radical (unpaired) electrons. The molecule has 0 aliphatic carbocycles. The van der Waals surface area contributed by atoms with Crippen molar-refractivity contribution in [2.75, 3.05) is 0 Å². The fourth-order valence-electron chi connectivity index (χ4n) is 1.89. The monoisotopic (exact) mass is 268 g/mol. The summed E-state index contributed by atoms with van der Waals surface area (Å²) in [5.41, 5.74) is 3.08. The summed E-state index contributed by atoms with van der Waals surface area (Å²) in [6.45, 7) is 2.15. The van der Waals surface area contributed by atoms with E-state index in [4.69, 9.17) is 5.11 Å². The second-order valence-corrected chi connectivity index (χ2v) is 4.42. The molecule has 1 heterocycles. The Morgan fingerprint density at radius 3 is 2.65 bits per heavy atom. The molecule has 0 bridgehead atoms. The fourth-order valence-corrected chi connectivity index (χ4v) is 1.89. The number of carbonyl (C=O) groups is 1. The number of hydrogen-bond acceptors (Lipinski definition) is 3. The maximum Gasteiger partial charge on any atom is 0.328 e. The number of benzene rings is 1. The van der Waals surface area contributed by atoms with E-state index < -0.39 is 5.97 Å². The summed E-state index contributed by atoms with van der Waals surface area (Å²) in [7, 11) is 0. The maximum absolute atomic E-state index is 10.5. The summed E-state index contributed by atoms with van der Waals surface area (Å²) in [4.78, 5) is 18.8.